The molecule has 0 saturated heterocycles. The van der Waals surface area contributed by atoms with Crippen LogP contribution in [0.15, 0.2) is 28.7 Å². The highest BCUT2D eigenvalue weighted by atomic mass is 79.9. The van der Waals surface area contributed by atoms with Crippen molar-refractivity contribution in [3.8, 4) is 17.8 Å². The average Bonchev–Trinajstić information content (AvgIpc) is 2.57. The van der Waals surface area contributed by atoms with Gasteiger partial charge < -0.3 is 14.8 Å². The number of aromatic nitrogens is 2. The van der Waals surface area contributed by atoms with Gasteiger partial charge in [0.05, 0.1) is 12.2 Å². The van der Waals surface area contributed by atoms with Gasteiger partial charge in [0.25, 0.3) is 0 Å². The van der Waals surface area contributed by atoms with Crippen LogP contribution in [0.4, 0.5) is 5.82 Å². The minimum Gasteiger partial charge on any atom is -0.421 e. The predicted octanol–water partition coefficient (Wildman–Crippen LogP) is 2.77. The predicted molar refractivity (Wildman–Crippen MR) is 86.7 cm³/mol. The van der Waals surface area contributed by atoms with Gasteiger partial charge in [-0.1, -0.05) is 0 Å². The summed E-state index contributed by atoms with van der Waals surface area (Å²) >= 11 is 3.22. The monoisotopic (exact) mass is 376 g/mol. The van der Waals surface area contributed by atoms with E-state index in [-0.39, 0.29) is 17.5 Å². The van der Waals surface area contributed by atoms with Crippen LogP contribution in [0, 0.1) is 11.3 Å². The Kier molecular flexibility index (Phi) is 6.02. The lowest BCUT2D eigenvalue weighted by atomic mass is 10.3. The maximum Gasteiger partial charge on any atom is 0.223 e. The molecular formula is C15H13BrN4O3. The molecule has 118 valence electrons. The van der Waals surface area contributed by atoms with Gasteiger partial charge in [-0.3, -0.25) is 4.79 Å². The van der Waals surface area contributed by atoms with Gasteiger partial charge in [0.15, 0.2) is 6.29 Å². The van der Waals surface area contributed by atoms with E-state index in [1.807, 2.05) is 6.07 Å². The molecule has 0 aliphatic carbocycles. The molecule has 0 spiro atoms. The van der Waals surface area contributed by atoms with Crippen molar-refractivity contribution < 1.29 is 14.3 Å². The van der Waals surface area contributed by atoms with Gasteiger partial charge in [0, 0.05) is 30.3 Å². The third-order valence-electron chi connectivity index (χ3n) is 2.76. The van der Waals surface area contributed by atoms with Crippen LogP contribution in [0.25, 0.3) is 0 Å². The minimum absolute atomic E-state index is 0.231. The molecule has 1 N–H and O–H groups in total. The summed E-state index contributed by atoms with van der Waals surface area (Å²) in [5.74, 6) is 0.890. The molecule has 23 heavy (non-hydrogen) atoms. The smallest absolute Gasteiger partial charge is 0.223 e. The number of carbonyl (C=O) groups excluding carboxylic acids is 1. The third-order valence-corrected chi connectivity index (χ3v) is 3.43. The lowest BCUT2D eigenvalue weighted by Gasteiger charge is -2.09. The van der Waals surface area contributed by atoms with Crippen LogP contribution >= 0.6 is 15.9 Å². The van der Waals surface area contributed by atoms with Crippen LogP contribution < -0.4 is 10.1 Å². The summed E-state index contributed by atoms with van der Waals surface area (Å²) in [6, 6.07) is 8.47. The summed E-state index contributed by atoms with van der Waals surface area (Å²) in [4.78, 5) is 19.2. The van der Waals surface area contributed by atoms with E-state index in [2.05, 4.69) is 31.2 Å². The largest absolute Gasteiger partial charge is 0.421 e. The van der Waals surface area contributed by atoms with E-state index in [4.69, 9.17) is 14.7 Å². The number of hydrogen-bond acceptors (Lipinski definition) is 7. The summed E-state index contributed by atoms with van der Waals surface area (Å²) in [5.41, 5.74) is 0.625. The Morgan fingerprint density at radius 3 is 2.74 bits per heavy atom. The zero-order chi connectivity index (χ0) is 16.7. The van der Waals surface area contributed by atoms with Crippen molar-refractivity contribution in [2.24, 2.45) is 0 Å². The molecule has 8 heteroatoms. The Bertz CT molecular complexity index is 746. The van der Waals surface area contributed by atoms with Crippen LogP contribution in [-0.2, 0) is 4.74 Å². The fourth-order valence-electron chi connectivity index (χ4n) is 1.68. The molecule has 2 aromatic heterocycles. The number of methoxy groups -OCH3 is 1. The second-order valence-corrected chi connectivity index (χ2v) is 5.17. The first kappa shape index (κ1) is 16.9. The SMILES string of the molecule is COCCNc1nc(Oc2ccc(Br)c(C=O)n2)ccc1C#N. The van der Waals surface area contributed by atoms with Crippen molar-refractivity contribution in [2.45, 2.75) is 0 Å². The van der Waals surface area contributed by atoms with E-state index >= 15 is 0 Å². The molecular weight excluding hydrogens is 364 g/mol. The molecule has 2 aromatic rings. The van der Waals surface area contributed by atoms with Crippen LogP contribution in [-0.4, -0.2) is 36.5 Å². The lowest BCUT2D eigenvalue weighted by molar-refractivity contribution is 0.111. The number of nitriles is 1. The highest BCUT2D eigenvalue weighted by Gasteiger charge is 2.09. The quantitative estimate of drug-likeness (QED) is 0.585. The van der Waals surface area contributed by atoms with E-state index in [1.54, 1.807) is 31.4 Å². The second-order valence-electron chi connectivity index (χ2n) is 4.31. The van der Waals surface area contributed by atoms with Crippen molar-refractivity contribution in [2.75, 3.05) is 25.6 Å². The molecule has 0 bridgehead atoms. The number of nitrogens with one attached hydrogen (secondary N) is 1. The summed E-state index contributed by atoms with van der Waals surface area (Å²) in [6.07, 6.45) is 0.626. The molecule has 0 aliphatic heterocycles. The number of carbonyl (C=O) groups is 1. The zero-order valence-electron chi connectivity index (χ0n) is 12.2. The first-order chi connectivity index (χ1) is 11.2. The van der Waals surface area contributed by atoms with Gasteiger partial charge in [-0.05, 0) is 28.1 Å². The van der Waals surface area contributed by atoms with Gasteiger partial charge in [-0.25, -0.2) is 4.98 Å². The van der Waals surface area contributed by atoms with E-state index in [9.17, 15) is 4.79 Å². The number of hydrogen-bond donors (Lipinski definition) is 1. The molecule has 0 aliphatic rings. The Hall–Kier alpha value is -2.50. The maximum atomic E-state index is 10.9. The molecule has 0 fully saturated rings. The fraction of sp³-hybridized carbons (Fsp3) is 0.200. The average molecular weight is 377 g/mol. The van der Waals surface area contributed by atoms with Gasteiger partial charge in [-0.15, -0.1) is 0 Å². The number of aldehydes is 1. The molecule has 0 amide bonds. The number of rotatable bonds is 7. The number of nitrogens with zero attached hydrogens (tertiary/aromatic N) is 3. The fourth-order valence-corrected chi connectivity index (χ4v) is 1.99. The topological polar surface area (TPSA) is 97.1 Å². The van der Waals surface area contributed by atoms with Gasteiger partial charge in [0.2, 0.25) is 11.8 Å². The zero-order valence-corrected chi connectivity index (χ0v) is 13.8. The number of halogens is 1. The van der Waals surface area contributed by atoms with E-state index in [0.29, 0.717) is 35.3 Å². The molecule has 0 saturated carbocycles. The van der Waals surface area contributed by atoms with Gasteiger partial charge >= 0.3 is 0 Å². The Morgan fingerprint density at radius 2 is 2.04 bits per heavy atom. The minimum atomic E-state index is 0.231. The standard InChI is InChI=1S/C15H13BrN4O3/c1-22-7-6-18-15-10(8-17)2-4-14(20-15)23-13-5-3-11(16)12(9-21)19-13/h2-5,9H,6-7H2,1H3,(H,18,20). The molecule has 0 radical (unpaired) electrons. The highest BCUT2D eigenvalue weighted by molar-refractivity contribution is 9.10. The van der Waals surface area contributed by atoms with Gasteiger partial charge in [-0.2, -0.15) is 10.2 Å². The van der Waals surface area contributed by atoms with Gasteiger partial charge in [0.1, 0.15) is 17.6 Å². The summed E-state index contributed by atoms with van der Waals surface area (Å²) in [6.45, 7) is 0.988. The van der Waals surface area contributed by atoms with E-state index in [1.165, 1.54) is 0 Å². The number of ether oxygens (including phenoxy) is 2. The molecule has 0 aromatic carbocycles. The maximum absolute atomic E-state index is 10.9. The molecule has 2 rings (SSSR count). The van der Waals surface area contributed by atoms with Crippen LogP contribution in [0.1, 0.15) is 16.1 Å². The third kappa shape index (κ3) is 4.48. The molecule has 2 heterocycles. The Labute approximate surface area is 141 Å². The molecule has 7 nitrogen and oxygen atoms in total. The first-order valence-corrected chi connectivity index (χ1v) is 7.40. The van der Waals surface area contributed by atoms with Crippen molar-refractivity contribution in [1.29, 1.82) is 5.26 Å². The van der Waals surface area contributed by atoms with Crippen molar-refractivity contribution >= 4 is 28.0 Å². The molecule has 0 atom stereocenters. The molecule has 0 unspecified atom stereocenters. The summed E-state index contributed by atoms with van der Waals surface area (Å²) in [5, 5.41) is 12.1. The van der Waals surface area contributed by atoms with E-state index in [0.717, 1.165) is 0 Å². The summed E-state index contributed by atoms with van der Waals surface area (Å²) in [7, 11) is 1.59. The number of anilines is 1. The van der Waals surface area contributed by atoms with Crippen LogP contribution in [0.5, 0.6) is 11.8 Å². The van der Waals surface area contributed by atoms with Crippen molar-refractivity contribution in [1.82, 2.24) is 9.97 Å². The Morgan fingerprint density at radius 1 is 1.30 bits per heavy atom. The van der Waals surface area contributed by atoms with Crippen molar-refractivity contribution in [3.05, 3.63) is 40.0 Å². The summed E-state index contributed by atoms with van der Waals surface area (Å²) < 4.78 is 11.1. The van der Waals surface area contributed by atoms with Crippen LogP contribution in [0.3, 0.4) is 0 Å². The Balaban J connectivity index is 2.21. The first-order valence-electron chi connectivity index (χ1n) is 6.61. The number of pyridine rings is 2. The van der Waals surface area contributed by atoms with E-state index < -0.39 is 0 Å². The second kappa shape index (κ2) is 8.22. The highest BCUT2D eigenvalue weighted by Crippen LogP contribution is 2.24. The normalized spacial score (nSPS) is 9.96. The van der Waals surface area contributed by atoms with Crippen molar-refractivity contribution in [3.63, 3.8) is 0 Å². The van der Waals surface area contributed by atoms with Crippen LogP contribution in [0.2, 0.25) is 0 Å². The lowest BCUT2D eigenvalue weighted by Crippen LogP contribution is -2.10.